The molecule has 0 radical (unpaired) electrons. The number of rotatable bonds is 0. The molecule has 0 unspecified atom stereocenters. The first-order valence-electron chi connectivity index (χ1n) is 12.1. The lowest BCUT2D eigenvalue weighted by molar-refractivity contribution is 0.913. The zero-order valence-corrected chi connectivity index (χ0v) is 22.6. The summed E-state index contributed by atoms with van der Waals surface area (Å²) in [6.07, 6.45) is 2.22. The van der Waals surface area contributed by atoms with E-state index in [0.717, 1.165) is 17.3 Å². The molecule has 2 nitrogen and oxygen atoms in total. The van der Waals surface area contributed by atoms with Crippen molar-refractivity contribution in [3.63, 3.8) is 0 Å². The third kappa shape index (κ3) is 3.59. The highest BCUT2D eigenvalue weighted by Gasteiger charge is 2.20. The Hall–Kier alpha value is -3.34. The summed E-state index contributed by atoms with van der Waals surface area (Å²) < 4.78 is 2.29. The van der Waals surface area contributed by atoms with Gasteiger partial charge in [0.25, 0.3) is 0 Å². The molecular weight excluding hydrogens is 572 g/mol. The van der Waals surface area contributed by atoms with Crippen LogP contribution >= 0.6 is 31.9 Å². The number of hydrogen-bond acceptors (Lipinski definition) is 0. The zero-order chi connectivity index (χ0) is 24.2. The second-order valence-corrected chi connectivity index (χ2v) is 11.2. The Balaban J connectivity index is 0.000000122. The van der Waals surface area contributed by atoms with E-state index in [1.165, 1.54) is 70.3 Å². The number of halogens is 2. The van der Waals surface area contributed by atoms with E-state index in [4.69, 9.17) is 0 Å². The molecular formula is C32H22Br2N2. The Morgan fingerprint density at radius 2 is 1.28 bits per heavy atom. The van der Waals surface area contributed by atoms with Crippen LogP contribution in [0.15, 0.2) is 106 Å². The number of aromatic amines is 2. The van der Waals surface area contributed by atoms with Gasteiger partial charge in [-0.3, -0.25) is 0 Å². The Labute approximate surface area is 225 Å². The number of nitrogens with one attached hydrogen (secondary N) is 2. The van der Waals surface area contributed by atoms with Gasteiger partial charge in [0.15, 0.2) is 0 Å². The fourth-order valence-corrected chi connectivity index (χ4v) is 6.40. The van der Waals surface area contributed by atoms with E-state index in [-0.39, 0.29) is 0 Å². The van der Waals surface area contributed by atoms with Gasteiger partial charge in [0.05, 0.1) is 0 Å². The van der Waals surface area contributed by atoms with Crippen LogP contribution in [0.25, 0.3) is 54.6 Å². The van der Waals surface area contributed by atoms with Crippen LogP contribution in [0.2, 0.25) is 0 Å². The number of aromatic nitrogens is 2. The largest absolute Gasteiger partial charge is 0.358 e. The Kier molecular flexibility index (Phi) is 5.26. The van der Waals surface area contributed by atoms with Crippen molar-refractivity contribution in [3.8, 4) is 11.1 Å². The van der Waals surface area contributed by atoms with Crippen molar-refractivity contribution in [2.75, 3.05) is 0 Å². The quantitative estimate of drug-likeness (QED) is 0.175. The third-order valence-electron chi connectivity index (χ3n) is 7.21. The molecule has 0 saturated heterocycles. The van der Waals surface area contributed by atoms with E-state index in [1.54, 1.807) is 0 Å². The average molecular weight is 594 g/mol. The topological polar surface area (TPSA) is 31.6 Å². The number of benzene rings is 5. The summed E-state index contributed by atoms with van der Waals surface area (Å²) in [5, 5.41) is 6.52. The van der Waals surface area contributed by atoms with Crippen LogP contribution in [0.5, 0.6) is 0 Å². The van der Waals surface area contributed by atoms with Gasteiger partial charge in [-0.1, -0.05) is 86.5 Å². The molecule has 4 heteroatoms. The molecule has 1 aliphatic rings. The van der Waals surface area contributed by atoms with E-state index in [2.05, 4.69) is 139 Å². The molecule has 0 saturated carbocycles. The molecule has 7 aromatic rings. The van der Waals surface area contributed by atoms with Crippen LogP contribution in [-0.2, 0) is 12.8 Å². The molecule has 0 atom stereocenters. The van der Waals surface area contributed by atoms with Gasteiger partial charge < -0.3 is 9.97 Å². The highest BCUT2D eigenvalue weighted by Crippen LogP contribution is 2.39. The lowest BCUT2D eigenvalue weighted by Gasteiger charge is -2.17. The first-order valence-corrected chi connectivity index (χ1v) is 13.7. The smallest absolute Gasteiger partial charge is 0.0471 e. The third-order valence-corrected chi connectivity index (χ3v) is 8.20. The summed E-state index contributed by atoms with van der Waals surface area (Å²) >= 11 is 7.09. The van der Waals surface area contributed by atoms with Crippen molar-refractivity contribution in [1.82, 2.24) is 9.97 Å². The average Bonchev–Trinajstić information content (AvgIpc) is 3.47. The van der Waals surface area contributed by atoms with Crippen LogP contribution in [0, 0.1) is 0 Å². The van der Waals surface area contributed by atoms with Gasteiger partial charge in [0.1, 0.15) is 0 Å². The molecule has 0 bridgehead atoms. The van der Waals surface area contributed by atoms with E-state index >= 15 is 0 Å². The van der Waals surface area contributed by atoms with Gasteiger partial charge in [0, 0.05) is 52.9 Å². The minimum absolute atomic E-state index is 1.10. The predicted molar refractivity (Wildman–Crippen MR) is 160 cm³/mol. The highest BCUT2D eigenvalue weighted by atomic mass is 79.9. The van der Waals surface area contributed by atoms with Crippen LogP contribution in [-0.4, -0.2) is 9.97 Å². The molecule has 8 rings (SSSR count). The van der Waals surface area contributed by atoms with E-state index in [1.807, 2.05) is 0 Å². The summed E-state index contributed by atoms with van der Waals surface area (Å²) in [6, 6.07) is 34.4. The first kappa shape index (κ1) is 21.9. The summed E-state index contributed by atoms with van der Waals surface area (Å²) in [5.74, 6) is 0. The van der Waals surface area contributed by atoms with Crippen LogP contribution < -0.4 is 0 Å². The maximum absolute atomic E-state index is 3.56. The lowest BCUT2D eigenvalue weighted by Crippen LogP contribution is -2.02. The van der Waals surface area contributed by atoms with Gasteiger partial charge in [-0.15, -0.1) is 0 Å². The van der Waals surface area contributed by atoms with Crippen molar-refractivity contribution in [2.24, 2.45) is 0 Å². The number of aryl methyl sites for hydroxylation is 2. The number of fused-ring (bicyclic) bond motifs is 10. The van der Waals surface area contributed by atoms with E-state index in [0.29, 0.717) is 0 Å². The summed E-state index contributed by atoms with van der Waals surface area (Å²) in [5.41, 5.74) is 9.26. The number of para-hydroxylation sites is 2. The number of H-pyrrole nitrogens is 2. The van der Waals surface area contributed by atoms with Crippen molar-refractivity contribution < 1.29 is 0 Å². The van der Waals surface area contributed by atoms with Crippen molar-refractivity contribution in [2.45, 2.75) is 12.8 Å². The van der Waals surface area contributed by atoms with E-state index < -0.39 is 0 Å². The first-order chi connectivity index (χ1) is 17.7. The van der Waals surface area contributed by atoms with Gasteiger partial charge >= 0.3 is 0 Å². The van der Waals surface area contributed by atoms with Crippen LogP contribution in [0.3, 0.4) is 0 Å². The molecule has 5 aromatic carbocycles. The molecule has 0 fully saturated rings. The molecule has 0 aliphatic heterocycles. The minimum atomic E-state index is 1.10. The molecule has 174 valence electrons. The summed E-state index contributed by atoms with van der Waals surface area (Å²) in [4.78, 5) is 7.03. The maximum Gasteiger partial charge on any atom is 0.0471 e. The Morgan fingerprint density at radius 1 is 0.556 bits per heavy atom. The summed E-state index contributed by atoms with van der Waals surface area (Å²) in [7, 11) is 0. The molecule has 2 N–H and O–H groups in total. The zero-order valence-electron chi connectivity index (χ0n) is 19.4. The number of hydrogen-bond donors (Lipinski definition) is 2. The molecule has 2 aromatic heterocycles. The van der Waals surface area contributed by atoms with Gasteiger partial charge in [-0.25, -0.2) is 0 Å². The maximum atomic E-state index is 3.56. The molecule has 0 amide bonds. The van der Waals surface area contributed by atoms with Gasteiger partial charge in [0.2, 0.25) is 0 Å². The monoisotopic (exact) mass is 592 g/mol. The van der Waals surface area contributed by atoms with Crippen molar-refractivity contribution in [3.05, 3.63) is 117 Å². The van der Waals surface area contributed by atoms with Crippen LogP contribution in [0.4, 0.5) is 0 Å². The Morgan fingerprint density at radius 3 is 2.14 bits per heavy atom. The second-order valence-electron chi connectivity index (χ2n) is 9.35. The summed E-state index contributed by atoms with van der Waals surface area (Å²) in [6.45, 7) is 0. The standard InChI is InChI=1S/C16H12BrN.C16H10BrN/c2*17-11-6-7-12-10(9-11)5-8-15-16(12)13-3-1-2-4-14(13)18-15/h1-4,6-7,9,18H,5,8H2;1-9,18H. The van der Waals surface area contributed by atoms with Gasteiger partial charge in [-0.05, 0) is 77.2 Å². The van der Waals surface area contributed by atoms with Crippen molar-refractivity contribution >= 4 is 75.3 Å². The normalized spacial score (nSPS) is 12.5. The fourth-order valence-electron chi connectivity index (χ4n) is 5.62. The minimum Gasteiger partial charge on any atom is -0.358 e. The molecule has 1 aliphatic carbocycles. The Bertz CT molecular complexity index is 1930. The van der Waals surface area contributed by atoms with Crippen LogP contribution in [0.1, 0.15) is 11.3 Å². The molecule has 2 heterocycles. The fraction of sp³-hybridized carbons (Fsp3) is 0.0625. The predicted octanol–water partition coefficient (Wildman–Crippen LogP) is 9.93. The van der Waals surface area contributed by atoms with Crippen molar-refractivity contribution in [1.29, 1.82) is 0 Å². The lowest BCUT2D eigenvalue weighted by atomic mass is 9.88. The molecule has 36 heavy (non-hydrogen) atoms. The van der Waals surface area contributed by atoms with Gasteiger partial charge in [-0.2, -0.15) is 0 Å². The second kappa shape index (κ2) is 8.65. The molecule has 0 spiro atoms. The highest BCUT2D eigenvalue weighted by molar-refractivity contribution is 9.10. The SMILES string of the molecule is Brc1ccc2c(c1)CCc1[nH]c3ccccc3c1-2.Brc1ccc2c(ccc3[nH]c4ccccc4c32)c1. The van der Waals surface area contributed by atoms with E-state index in [9.17, 15) is 0 Å².